The van der Waals surface area contributed by atoms with Crippen molar-refractivity contribution in [2.45, 2.75) is 38.7 Å². The number of amides is 1. The Labute approximate surface area is 80.1 Å². The lowest BCUT2D eigenvalue weighted by molar-refractivity contribution is -0.133. The second-order valence-corrected chi connectivity index (χ2v) is 3.57. The van der Waals surface area contributed by atoms with Gasteiger partial charge in [-0.2, -0.15) is 0 Å². The number of methoxy groups -OCH3 is 1. The summed E-state index contributed by atoms with van der Waals surface area (Å²) < 4.78 is 5.24. The van der Waals surface area contributed by atoms with E-state index in [0.717, 1.165) is 32.4 Å². The van der Waals surface area contributed by atoms with Crippen molar-refractivity contribution in [1.82, 2.24) is 4.90 Å². The summed E-state index contributed by atoms with van der Waals surface area (Å²) in [5.41, 5.74) is 0. The number of likely N-dealkylation sites (tertiary alicyclic amines) is 1. The van der Waals surface area contributed by atoms with Crippen molar-refractivity contribution in [3.8, 4) is 0 Å². The van der Waals surface area contributed by atoms with Gasteiger partial charge in [0.25, 0.3) is 0 Å². The van der Waals surface area contributed by atoms with E-state index in [9.17, 15) is 4.79 Å². The van der Waals surface area contributed by atoms with E-state index in [0.29, 0.717) is 18.4 Å². The lowest BCUT2D eigenvalue weighted by atomic mass is 10.1. The molecule has 0 atom stereocenters. The van der Waals surface area contributed by atoms with Gasteiger partial charge in [0.2, 0.25) is 5.91 Å². The van der Waals surface area contributed by atoms with Crippen molar-refractivity contribution in [1.29, 1.82) is 0 Å². The van der Waals surface area contributed by atoms with Crippen LogP contribution in [0.1, 0.15) is 32.6 Å². The summed E-state index contributed by atoms with van der Waals surface area (Å²) in [6.07, 6.45) is 3.99. The first-order chi connectivity index (χ1) is 6.27. The lowest BCUT2D eigenvalue weighted by Crippen LogP contribution is -2.40. The molecule has 1 saturated heterocycles. The molecule has 0 bridgehead atoms. The molecule has 0 N–H and O–H groups in total. The fourth-order valence-corrected chi connectivity index (χ4v) is 1.71. The molecule has 1 amide bonds. The standard InChI is InChI=1S/C10H19NO2/c1-3-4-10(12)11-7-5-9(13-2)6-8-11/h9H,3-8H2,1-2H3. The summed E-state index contributed by atoms with van der Waals surface area (Å²) in [7, 11) is 1.74. The fraction of sp³-hybridized carbons (Fsp3) is 0.900. The SMILES string of the molecule is CCCC(=O)N1CCC(OC)CC1. The van der Waals surface area contributed by atoms with Gasteiger partial charge < -0.3 is 9.64 Å². The topological polar surface area (TPSA) is 29.5 Å². The average molecular weight is 185 g/mol. The maximum atomic E-state index is 11.5. The van der Waals surface area contributed by atoms with Crippen LogP contribution in [0.5, 0.6) is 0 Å². The third kappa shape index (κ3) is 2.99. The predicted octanol–water partition coefficient (Wildman–Crippen LogP) is 1.42. The Morgan fingerprint density at radius 3 is 2.54 bits per heavy atom. The Kier molecular flexibility index (Phi) is 4.22. The van der Waals surface area contributed by atoms with E-state index < -0.39 is 0 Å². The molecule has 1 fully saturated rings. The van der Waals surface area contributed by atoms with Crippen LogP contribution in [0.3, 0.4) is 0 Å². The number of hydrogen-bond donors (Lipinski definition) is 0. The van der Waals surface area contributed by atoms with Gasteiger partial charge in [0, 0.05) is 26.6 Å². The molecule has 0 aromatic carbocycles. The van der Waals surface area contributed by atoms with Crippen LogP contribution in [0.4, 0.5) is 0 Å². The number of nitrogens with zero attached hydrogens (tertiary/aromatic N) is 1. The molecule has 0 unspecified atom stereocenters. The van der Waals surface area contributed by atoms with Gasteiger partial charge in [-0.3, -0.25) is 4.79 Å². The normalized spacial score (nSPS) is 19.1. The molecule has 0 aliphatic carbocycles. The van der Waals surface area contributed by atoms with E-state index in [4.69, 9.17) is 4.74 Å². The number of carbonyl (C=O) groups is 1. The maximum Gasteiger partial charge on any atom is 0.222 e. The molecule has 1 rings (SSSR count). The largest absolute Gasteiger partial charge is 0.381 e. The Hall–Kier alpha value is -0.570. The van der Waals surface area contributed by atoms with Crippen LogP contribution in [0.2, 0.25) is 0 Å². The molecule has 0 saturated carbocycles. The van der Waals surface area contributed by atoms with E-state index in [1.807, 2.05) is 11.8 Å². The van der Waals surface area contributed by atoms with Crippen molar-refractivity contribution in [3.05, 3.63) is 0 Å². The van der Waals surface area contributed by atoms with Crippen LogP contribution in [-0.4, -0.2) is 37.1 Å². The van der Waals surface area contributed by atoms with Crippen LogP contribution in [0, 0.1) is 0 Å². The van der Waals surface area contributed by atoms with Crippen molar-refractivity contribution in [2.24, 2.45) is 0 Å². The van der Waals surface area contributed by atoms with Crippen LogP contribution in [-0.2, 0) is 9.53 Å². The van der Waals surface area contributed by atoms with E-state index in [2.05, 4.69) is 0 Å². The van der Waals surface area contributed by atoms with Crippen LogP contribution in [0.25, 0.3) is 0 Å². The zero-order valence-electron chi connectivity index (χ0n) is 8.58. The second-order valence-electron chi connectivity index (χ2n) is 3.57. The van der Waals surface area contributed by atoms with E-state index in [1.165, 1.54) is 0 Å². The quantitative estimate of drug-likeness (QED) is 0.665. The molecule has 0 aromatic rings. The van der Waals surface area contributed by atoms with Gasteiger partial charge >= 0.3 is 0 Å². The minimum Gasteiger partial charge on any atom is -0.381 e. The summed E-state index contributed by atoms with van der Waals surface area (Å²) in [6.45, 7) is 3.79. The predicted molar refractivity (Wildman–Crippen MR) is 51.5 cm³/mol. The van der Waals surface area contributed by atoms with Crippen molar-refractivity contribution < 1.29 is 9.53 Å². The Morgan fingerprint density at radius 2 is 2.08 bits per heavy atom. The van der Waals surface area contributed by atoms with Gasteiger partial charge in [-0.1, -0.05) is 6.92 Å². The number of hydrogen-bond acceptors (Lipinski definition) is 2. The molecular weight excluding hydrogens is 166 g/mol. The van der Waals surface area contributed by atoms with Gasteiger partial charge in [-0.15, -0.1) is 0 Å². The molecule has 1 heterocycles. The zero-order chi connectivity index (χ0) is 9.68. The van der Waals surface area contributed by atoms with Crippen LogP contribution >= 0.6 is 0 Å². The number of carbonyl (C=O) groups excluding carboxylic acids is 1. The third-order valence-corrected chi connectivity index (χ3v) is 2.59. The molecule has 13 heavy (non-hydrogen) atoms. The number of rotatable bonds is 3. The minimum atomic E-state index is 0.303. The molecule has 3 nitrogen and oxygen atoms in total. The van der Waals surface area contributed by atoms with Gasteiger partial charge in [0.1, 0.15) is 0 Å². The Balaban J connectivity index is 2.28. The minimum absolute atomic E-state index is 0.303. The summed E-state index contributed by atoms with van der Waals surface area (Å²) in [5.74, 6) is 0.303. The van der Waals surface area contributed by atoms with Gasteiger partial charge in [0.15, 0.2) is 0 Å². The highest BCUT2D eigenvalue weighted by atomic mass is 16.5. The Morgan fingerprint density at radius 1 is 1.46 bits per heavy atom. The molecule has 0 radical (unpaired) electrons. The average Bonchev–Trinajstić information content (AvgIpc) is 2.18. The monoisotopic (exact) mass is 185 g/mol. The van der Waals surface area contributed by atoms with Gasteiger partial charge in [-0.05, 0) is 19.3 Å². The lowest BCUT2D eigenvalue weighted by Gasteiger charge is -2.31. The van der Waals surface area contributed by atoms with E-state index in [-0.39, 0.29) is 0 Å². The highest BCUT2D eigenvalue weighted by molar-refractivity contribution is 5.76. The summed E-state index contributed by atoms with van der Waals surface area (Å²) in [6, 6.07) is 0. The first kappa shape index (κ1) is 10.5. The zero-order valence-corrected chi connectivity index (χ0v) is 8.58. The first-order valence-electron chi connectivity index (χ1n) is 5.08. The fourth-order valence-electron chi connectivity index (χ4n) is 1.71. The number of piperidine rings is 1. The molecule has 1 aliphatic heterocycles. The van der Waals surface area contributed by atoms with Crippen molar-refractivity contribution in [2.75, 3.05) is 20.2 Å². The highest BCUT2D eigenvalue weighted by Crippen LogP contribution is 2.13. The second kappa shape index (κ2) is 5.22. The molecular formula is C10H19NO2. The summed E-state index contributed by atoms with van der Waals surface area (Å²) in [4.78, 5) is 13.4. The molecule has 0 aromatic heterocycles. The molecule has 0 spiro atoms. The summed E-state index contributed by atoms with van der Waals surface area (Å²) in [5, 5.41) is 0. The molecule has 76 valence electrons. The Bertz CT molecular complexity index is 162. The molecule has 3 heteroatoms. The maximum absolute atomic E-state index is 11.5. The first-order valence-corrected chi connectivity index (χ1v) is 5.08. The van der Waals surface area contributed by atoms with Crippen LogP contribution < -0.4 is 0 Å². The van der Waals surface area contributed by atoms with Crippen molar-refractivity contribution >= 4 is 5.91 Å². The molecule has 1 aliphatic rings. The highest BCUT2D eigenvalue weighted by Gasteiger charge is 2.21. The number of ether oxygens (including phenoxy) is 1. The van der Waals surface area contributed by atoms with Crippen LogP contribution in [0.15, 0.2) is 0 Å². The van der Waals surface area contributed by atoms with Gasteiger partial charge in [-0.25, -0.2) is 0 Å². The summed E-state index contributed by atoms with van der Waals surface area (Å²) >= 11 is 0. The smallest absolute Gasteiger partial charge is 0.222 e. The van der Waals surface area contributed by atoms with E-state index in [1.54, 1.807) is 7.11 Å². The van der Waals surface area contributed by atoms with E-state index >= 15 is 0 Å². The van der Waals surface area contributed by atoms with Crippen molar-refractivity contribution in [3.63, 3.8) is 0 Å². The third-order valence-electron chi connectivity index (χ3n) is 2.59. The van der Waals surface area contributed by atoms with Gasteiger partial charge in [0.05, 0.1) is 6.10 Å².